The molecule has 1 aromatic carbocycles. The molecule has 0 saturated heterocycles. The molecule has 0 aliphatic rings. The molecule has 0 N–H and O–H groups in total. The largest absolute Gasteiger partial charge is 0.490 e. The maximum Gasteiger partial charge on any atom is 0.161 e. The SMILES string of the molecule is [CH2]Cc1ccc(OCCC(C)C)c(OCCC(C)C)c1. The molecule has 1 aromatic rings. The van der Waals surface area contributed by atoms with Gasteiger partial charge in [0.25, 0.3) is 0 Å². The Labute approximate surface area is 124 Å². The van der Waals surface area contributed by atoms with Crippen LogP contribution in [0.25, 0.3) is 0 Å². The van der Waals surface area contributed by atoms with Crippen LogP contribution in [-0.4, -0.2) is 13.2 Å². The zero-order valence-corrected chi connectivity index (χ0v) is 13.4. The molecule has 0 heterocycles. The average molecular weight is 277 g/mol. The fourth-order valence-corrected chi connectivity index (χ4v) is 1.75. The van der Waals surface area contributed by atoms with Gasteiger partial charge in [-0.3, -0.25) is 0 Å². The monoisotopic (exact) mass is 277 g/mol. The van der Waals surface area contributed by atoms with Crippen LogP contribution in [0.1, 0.15) is 46.1 Å². The summed E-state index contributed by atoms with van der Waals surface area (Å²) in [6.07, 6.45) is 2.88. The first kappa shape index (κ1) is 16.9. The van der Waals surface area contributed by atoms with Crippen molar-refractivity contribution in [3.63, 3.8) is 0 Å². The first-order chi connectivity index (χ1) is 9.52. The fourth-order valence-electron chi connectivity index (χ4n) is 1.75. The van der Waals surface area contributed by atoms with Gasteiger partial charge < -0.3 is 9.47 Å². The summed E-state index contributed by atoms with van der Waals surface area (Å²) in [7, 11) is 0. The minimum atomic E-state index is 0.649. The molecular formula is C18H29O2. The maximum absolute atomic E-state index is 5.90. The fraction of sp³-hybridized carbons (Fsp3) is 0.611. The van der Waals surface area contributed by atoms with Crippen LogP contribution in [0.2, 0.25) is 0 Å². The van der Waals surface area contributed by atoms with E-state index in [0.717, 1.165) is 44.0 Å². The molecule has 2 nitrogen and oxygen atoms in total. The Balaban J connectivity index is 2.65. The Bertz CT molecular complexity index is 383. The predicted octanol–water partition coefficient (Wildman–Crippen LogP) is 4.91. The molecule has 20 heavy (non-hydrogen) atoms. The van der Waals surface area contributed by atoms with Crippen molar-refractivity contribution in [2.75, 3.05) is 13.2 Å². The van der Waals surface area contributed by atoms with E-state index in [1.165, 1.54) is 5.56 Å². The van der Waals surface area contributed by atoms with Crippen molar-refractivity contribution in [3.8, 4) is 11.5 Å². The van der Waals surface area contributed by atoms with Gasteiger partial charge in [0, 0.05) is 0 Å². The molecule has 0 bridgehead atoms. The van der Waals surface area contributed by atoms with Crippen LogP contribution >= 0.6 is 0 Å². The second-order valence-corrected chi connectivity index (χ2v) is 6.09. The van der Waals surface area contributed by atoms with Crippen molar-refractivity contribution < 1.29 is 9.47 Å². The number of benzene rings is 1. The van der Waals surface area contributed by atoms with E-state index in [1.54, 1.807) is 0 Å². The van der Waals surface area contributed by atoms with Gasteiger partial charge in [-0.25, -0.2) is 0 Å². The lowest BCUT2D eigenvalue weighted by molar-refractivity contribution is 0.246. The van der Waals surface area contributed by atoms with Crippen LogP contribution in [0.15, 0.2) is 18.2 Å². The number of hydrogen-bond acceptors (Lipinski definition) is 2. The van der Waals surface area contributed by atoms with Crippen molar-refractivity contribution in [1.29, 1.82) is 0 Å². The van der Waals surface area contributed by atoms with Crippen molar-refractivity contribution in [3.05, 3.63) is 30.7 Å². The minimum Gasteiger partial charge on any atom is -0.490 e. The molecule has 0 unspecified atom stereocenters. The molecule has 113 valence electrons. The van der Waals surface area contributed by atoms with Gasteiger partial charge in [-0.15, -0.1) is 0 Å². The second-order valence-electron chi connectivity index (χ2n) is 6.09. The average Bonchev–Trinajstić information content (AvgIpc) is 2.39. The summed E-state index contributed by atoms with van der Waals surface area (Å²) in [4.78, 5) is 0. The highest BCUT2D eigenvalue weighted by molar-refractivity contribution is 5.43. The zero-order chi connectivity index (χ0) is 15.0. The Kier molecular flexibility index (Phi) is 7.50. The third kappa shape index (κ3) is 6.31. The van der Waals surface area contributed by atoms with Gasteiger partial charge in [-0.2, -0.15) is 0 Å². The van der Waals surface area contributed by atoms with E-state index < -0.39 is 0 Å². The molecule has 0 spiro atoms. The van der Waals surface area contributed by atoms with Gasteiger partial charge in [-0.05, 0) is 55.7 Å². The first-order valence-corrected chi connectivity index (χ1v) is 7.70. The van der Waals surface area contributed by atoms with Gasteiger partial charge >= 0.3 is 0 Å². The third-order valence-corrected chi connectivity index (χ3v) is 3.20. The van der Waals surface area contributed by atoms with E-state index >= 15 is 0 Å². The second kappa shape index (κ2) is 8.89. The lowest BCUT2D eigenvalue weighted by Gasteiger charge is -2.15. The summed E-state index contributed by atoms with van der Waals surface area (Å²) < 4.78 is 11.8. The van der Waals surface area contributed by atoms with Crippen LogP contribution in [0, 0.1) is 18.8 Å². The highest BCUT2D eigenvalue weighted by atomic mass is 16.5. The van der Waals surface area contributed by atoms with Gasteiger partial charge in [0.15, 0.2) is 11.5 Å². The summed E-state index contributed by atoms with van der Waals surface area (Å²) >= 11 is 0. The van der Waals surface area contributed by atoms with Crippen LogP contribution in [0.4, 0.5) is 0 Å². The zero-order valence-electron chi connectivity index (χ0n) is 13.4. The molecule has 0 aliphatic carbocycles. The first-order valence-electron chi connectivity index (χ1n) is 7.70. The van der Waals surface area contributed by atoms with Crippen molar-refractivity contribution in [2.45, 2.75) is 47.0 Å². The summed E-state index contributed by atoms with van der Waals surface area (Å²) in [6, 6.07) is 6.12. The molecule has 1 rings (SSSR count). The summed E-state index contributed by atoms with van der Waals surface area (Å²) in [6.45, 7) is 14.2. The Morgan fingerprint density at radius 2 is 1.45 bits per heavy atom. The van der Waals surface area contributed by atoms with Crippen molar-refractivity contribution in [1.82, 2.24) is 0 Å². The van der Waals surface area contributed by atoms with Crippen LogP contribution in [0.5, 0.6) is 11.5 Å². The van der Waals surface area contributed by atoms with Crippen molar-refractivity contribution >= 4 is 0 Å². The smallest absolute Gasteiger partial charge is 0.161 e. The molecule has 0 saturated carbocycles. The van der Waals surface area contributed by atoms with E-state index in [1.807, 2.05) is 6.07 Å². The summed E-state index contributed by atoms with van der Waals surface area (Å²) in [5, 5.41) is 0. The van der Waals surface area contributed by atoms with Crippen LogP contribution in [0.3, 0.4) is 0 Å². The predicted molar refractivity (Wildman–Crippen MR) is 85.4 cm³/mol. The topological polar surface area (TPSA) is 18.5 Å². The molecule has 1 radical (unpaired) electrons. The molecule has 0 aromatic heterocycles. The molecule has 0 atom stereocenters. The van der Waals surface area contributed by atoms with E-state index in [0.29, 0.717) is 11.8 Å². The number of ether oxygens (including phenoxy) is 2. The van der Waals surface area contributed by atoms with E-state index in [2.05, 4.69) is 46.8 Å². The molecule has 0 fully saturated rings. The molecule has 0 aliphatic heterocycles. The maximum atomic E-state index is 5.90. The van der Waals surface area contributed by atoms with Crippen LogP contribution in [-0.2, 0) is 6.42 Å². The highest BCUT2D eigenvalue weighted by Crippen LogP contribution is 2.29. The minimum absolute atomic E-state index is 0.649. The molecular weight excluding hydrogens is 248 g/mol. The lowest BCUT2D eigenvalue weighted by Crippen LogP contribution is -2.06. The lowest BCUT2D eigenvalue weighted by atomic mass is 10.1. The van der Waals surface area contributed by atoms with Gasteiger partial charge in [-0.1, -0.05) is 33.8 Å². The summed E-state index contributed by atoms with van der Waals surface area (Å²) in [5.41, 5.74) is 1.18. The Morgan fingerprint density at radius 3 is 1.95 bits per heavy atom. The normalized spacial score (nSPS) is 11.2. The van der Waals surface area contributed by atoms with E-state index in [4.69, 9.17) is 9.47 Å². The van der Waals surface area contributed by atoms with Crippen molar-refractivity contribution in [2.24, 2.45) is 11.8 Å². The number of hydrogen-bond donors (Lipinski definition) is 0. The Hall–Kier alpha value is -1.18. The quantitative estimate of drug-likeness (QED) is 0.638. The molecule has 0 amide bonds. The van der Waals surface area contributed by atoms with Gasteiger partial charge in [0.05, 0.1) is 13.2 Å². The molecule has 2 heteroatoms. The summed E-state index contributed by atoms with van der Waals surface area (Å²) in [5.74, 6) is 3.01. The third-order valence-electron chi connectivity index (χ3n) is 3.20. The van der Waals surface area contributed by atoms with E-state index in [9.17, 15) is 0 Å². The van der Waals surface area contributed by atoms with Crippen LogP contribution < -0.4 is 9.47 Å². The standard InChI is InChI=1S/C18H29O2/c1-6-16-7-8-17(19-11-9-14(2)3)18(13-16)20-12-10-15(4)5/h7-8,13-15H,1,6,9-12H2,2-5H3. The number of rotatable bonds is 9. The van der Waals surface area contributed by atoms with E-state index in [-0.39, 0.29) is 0 Å². The van der Waals surface area contributed by atoms with Gasteiger partial charge in [0.2, 0.25) is 0 Å². The Morgan fingerprint density at radius 1 is 0.900 bits per heavy atom. The van der Waals surface area contributed by atoms with Gasteiger partial charge in [0.1, 0.15) is 0 Å². The highest BCUT2D eigenvalue weighted by Gasteiger charge is 2.07.